The Kier molecular flexibility index (Phi) is 4.20. The molecule has 1 aromatic carbocycles. The zero-order valence-electron chi connectivity index (χ0n) is 14.7. The minimum Gasteiger partial charge on any atom is -0.423 e. The van der Waals surface area contributed by atoms with Gasteiger partial charge < -0.3 is 19.4 Å². The average molecular weight is 410 g/mol. The molecule has 0 radical (unpaired) electrons. The van der Waals surface area contributed by atoms with Crippen molar-refractivity contribution in [1.82, 2.24) is 15.3 Å². The van der Waals surface area contributed by atoms with Crippen LogP contribution < -0.4 is 15.0 Å². The normalized spacial score (nSPS) is 22.6. The third-order valence-electron chi connectivity index (χ3n) is 5.21. The molecule has 0 amide bonds. The molecule has 0 spiro atoms. The van der Waals surface area contributed by atoms with E-state index in [0.717, 1.165) is 32.5 Å². The summed E-state index contributed by atoms with van der Waals surface area (Å²) < 4.78 is 48.5. The first-order valence-corrected chi connectivity index (χ1v) is 9.92. The number of ether oxygens (including phenoxy) is 1. The first-order chi connectivity index (χ1) is 13.5. The molecular weight excluding hydrogens is 393 g/mol. The van der Waals surface area contributed by atoms with Crippen molar-refractivity contribution in [3.8, 4) is 16.3 Å². The molecule has 6 nitrogen and oxygen atoms in total. The molecule has 3 aromatic rings. The predicted molar refractivity (Wildman–Crippen MR) is 98.5 cm³/mol. The van der Waals surface area contributed by atoms with Gasteiger partial charge in [0.15, 0.2) is 5.58 Å². The summed E-state index contributed by atoms with van der Waals surface area (Å²) in [6, 6.07) is 3.28. The van der Waals surface area contributed by atoms with Gasteiger partial charge in [0.05, 0.1) is 5.56 Å². The Morgan fingerprint density at radius 3 is 2.93 bits per heavy atom. The summed E-state index contributed by atoms with van der Waals surface area (Å²) in [6.45, 7) is 2.63. The maximum absolute atomic E-state index is 12.8. The Morgan fingerprint density at radius 1 is 1.25 bits per heavy atom. The highest BCUT2D eigenvalue weighted by atomic mass is 32.1. The summed E-state index contributed by atoms with van der Waals surface area (Å²) in [7, 11) is 0. The van der Waals surface area contributed by atoms with Crippen LogP contribution in [0.15, 0.2) is 28.1 Å². The number of alkyl halides is 3. The van der Waals surface area contributed by atoms with Crippen molar-refractivity contribution in [2.24, 2.45) is 5.92 Å². The van der Waals surface area contributed by atoms with E-state index in [1.54, 1.807) is 11.6 Å². The molecular formula is C18H17F3N4O2S. The quantitative estimate of drug-likeness (QED) is 0.703. The molecule has 148 valence electrons. The van der Waals surface area contributed by atoms with Crippen molar-refractivity contribution in [3.05, 3.63) is 23.7 Å². The maximum Gasteiger partial charge on any atom is 0.573 e. The molecule has 3 aliphatic heterocycles. The Labute approximate surface area is 162 Å². The number of nitrogens with one attached hydrogen (secondary N) is 1. The number of aromatic nitrogens is 2. The molecule has 2 bridgehead atoms. The molecule has 0 saturated carbocycles. The van der Waals surface area contributed by atoms with Gasteiger partial charge in [0.2, 0.25) is 0 Å². The maximum atomic E-state index is 12.8. The van der Waals surface area contributed by atoms with Gasteiger partial charge in [0.1, 0.15) is 16.3 Å². The van der Waals surface area contributed by atoms with E-state index in [0.29, 0.717) is 33.6 Å². The number of nitrogens with zero attached hydrogens (tertiary/aromatic N) is 3. The molecule has 10 heteroatoms. The van der Waals surface area contributed by atoms with Crippen LogP contribution in [0.5, 0.6) is 5.75 Å². The lowest BCUT2D eigenvalue weighted by atomic mass is 9.95. The average Bonchev–Trinajstić information content (AvgIpc) is 3.21. The summed E-state index contributed by atoms with van der Waals surface area (Å²) >= 11 is 1.32. The molecule has 5 heterocycles. The lowest BCUT2D eigenvalue weighted by Crippen LogP contribution is -2.43. The van der Waals surface area contributed by atoms with E-state index in [4.69, 9.17) is 4.42 Å². The van der Waals surface area contributed by atoms with Crippen LogP contribution in [0.1, 0.15) is 12.8 Å². The smallest absolute Gasteiger partial charge is 0.423 e. The largest absolute Gasteiger partial charge is 0.573 e. The fourth-order valence-corrected chi connectivity index (χ4v) is 4.65. The highest BCUT2D eigenvalue weighted by Crippen LogP contribution is 2.39. The first kappa shape index (κ1) is 17.7. The fourth-order valence-electron chi connectivity index (χ4n) is 4.00. The minimum absolute atomic E-state index is 0.265. The molecule has 6 rings (SSSR count). The van der Waals surface area contributed by atoms with Gasteiger partial charge >= 0.3 is 6.36 Å². The third-order valence-corrected chi connectivity index (χ3v) is 6.02. The van der Waals surface area contributed by atoms with Gasteiger partial charge in [-0.3, -0.25) is 0 Å². The number of halogens is 3. The highest BCUT2D eigenvalue weighted by Gasteiger charge is 2.35. The summed E-state index contributed by atoms with van der Waals surface area (Å²) in [4.78, 5) is 10.9. The Bertz CT molecular complexity index is 985. The minimum atomic E-state index is -4.78. The van der Waals surface area contributed by atoms with Crippen molar-refractivity contribution in [3.63, 3.8) is 0 Å². The van der Waals surface area contributed by atoms with Gasteiger partial charge in [0, 0.05) is 36.8 Å². The Balaban J connectivity index is 1.61. The van der Waals surface area contributed by atoms with Crippen molar-refractivity contribution in [1.29, 1.82) is 0 Å². The molecule has 3 saturated heterocycles. The zero-order chi connectivity index (χ0) is 19.3. The lowest BCUT2D eigenvalue weighted by molar-refractivity contribution is -0.274. The number of hydrogen-bond donors (Lipinski definition) is 1. The number of benzene rings is 1. The van der Waals surface area contributed by atoms with Crippen LogP contribution in [0.2, 0.25) is 0 Å². The van der Waals surface area contributed by atoms with E-state index < -0.39 is 6.36 Å². The SMILES string of the molecule is FC(F)(F)Oc1cc(-c2nccs2)c2oc(N3CC4CCC3CNC4)nc2c1. The number of hydrogen-bond acceptors (Lipinski definition) is 7. The number of oxazole rings is 1. The molecule has 2 atom stereocenters. The molecule has 28 heavy (non-hydrogen) atoms. The number of fused-ring (bicyclic) bond motifs is 5. The zero-order valence-corrected chi connectivity index (χ0v) is 15.5. The lowest BCUT2D eigenvalue weighted by Gasteiger charge is -2.34. The van der Waals surface area contributed by atoms with Gasteiger partial charge in [-0.05, 0) is 31.4 Å². The second kappa shape index (κ2) is 6.63. The van der Waals surface area contributed by atoms with E-state index in [9.17, 15) is 13.2 Å². The van der Waals surface area contributed by atoms with Gasteiger partial charge in [-0.15, -0.1) is 24.5 Å². The van der Waals surface area contributed by atoms with Gasteiger partial charge in [-0.2, -0.15) is 4.98 Å². The Hall–Kier alpha value is -2.33. The molecule has 2 unspecified atom stereocenters. The van der Waals surface area contributed by atoms with E-state index in [1.807, 2.05) is 0 Å². The number of rotatable bonds is 3. The Morgan fingerprint density at radius 2 is 2.14 bits per heavy atom. The van der Waals surface area contributed by atoms with Crippen molar-refractivity contribution in [2.75, 3.05) is 24.5 Å². The molecule has 2 aromatic heterocycles. The number of anilines is 1. The van der Waals surface area contributed by atoms with E-state index in [2.05, 4.69) is 24.9 Å². The standard InChI is InChI=1S/C18H17F3N4O2S/c19-18(20,21)27-12-5-13(16-23-3-4-28-16)15-14(6-12)24-17(26-15)25-9-10-1-2-11(25)8-22-7-10/h3-6,10-11,22H,1-2,7-9H2. The van der Waals surface area contributed by atoms with Crippen molar-refractivity contribution in [2.45, 2.75) is 25.2 Å². The number of thiazole rings is 1. The summed E-state index contributed by atoms with van der Waals surface area (Å²) in [5.74, 6) is 0.181. The second-order valence-corrected chi connectivity index (χ2v) is 8.00. The topological polar surface area (TPSA) is 63.4 Å². The van der Waals surface area contributed by atoms with E-state index in [1.165, 1.54) is 23.5 Å². The monoisotopic (exact) mass is 410 g/mol. The van der Waals surface area contributed by atoms with E-state index >= 15 is 0 Å². The van der Waals surface area contributed by atoms with Gasteiger partial charge in [0.25, 0.3) is 6.01 Å². The highest BCUT2D eigenvalue weighted by molar-refractivity contribution is 7.13. The van der Waals surface area contributed by atoms with Crippen LogP contribution in [-0.4, -0.2) is 42.0 Å². The van der Waals surface area contributed by atoms with Crippen LogP contribution in [0, 0.1) is 5.92 Å². The summed E-state index contributed by atoms with van der Waals surface area (Å²) in [6.07, 6.45) is -0.990. The second-order valence-electron chi connectivity index (χ2n) is 7.11. The van der Waals surface area contributed by atoms with Gasteiger partial charge in [-0.1, -0.05) is 0 Å². The van der Waals surface area contributed by atoms with Crippen molar-refractivity contribution < 1.29 is 22.3 Å². The first-order valence-electron chi connectivity index (χ1n) is 9.04. The molecule has 3 aliphatic rings. The molecule has 3 fully saturated rings. The third kappa shape index (κ3) is 3.30. The van der Waals surface area contributed by atoms with Crippen LogP contribution in [0.4, 0.5) is 19.2 Å². The summed E-state index contributed by atoms with van der Waals surface area (Å²) in [5, 5.41) is 5.76. The van der Waals surface area contributed by atoms with Crippen LogP contribution >= 0.6 is 11.3 Å². The van der Waals surface area contributed by atoms with Crippen LogP contribution in [-0.2, 0) is 0 Å². The van der Waals surface area contributed by atoms with Crippen LogP contribution in [0.3, 0.4) is 0 Å². The van der Waals surface area contributed by atoms with Crippen LogP contribution in [0.25, 0.3) is 21.7 Å². The molecule has 1 N–H and O–H groups in total. The molecule has 0 aliphatic carbocycles. The number of piperidine rings is 1. The predicted octanol–water partition coefficient (Wildman–Crippen LogP) is 4.04. The fraction of sp³-hybridized carbons (Fsp3) is 0.444. The van der Waals surface area contributed by atoms with Crippen molar-refractivity contribution >= 4 is 28.5 Å². The van der Waals surface area contributed by atoms with E-state index in [-0.39, 0.29) is 11.8 Å². The van der Waals surface area contributed by atoms with Gasteiger partial charge in [-0.25, -0.2) is 4.98 Å². The summed E-state index contributed by atoms with van der Waals surface area (Å²) in [5.41, 5.74) is 1.20.